The Balaban J connectivity index is 2.21. The summed E-state index contributed by atoms with van der Waals surface area (Å²) in [6.45, 7) is 4.73. The molecule has 18 heavy (non-hydrogen) atoms. The summed E-state index contributed by atoms with van der Waals surface area (Å²) < 4.78 is 6.56. The molecule has 100 valence electrons. The van der Waals surface area contributed by atoms with Gasteiger partial charge in [-0.2, -0.15) is 0 Å². The second-order valence-corrected chi connectivity index (χ2v) is 5.78. The summed E-state index contributed by atoms with van der Waals surface area (Å²) in [6, 6.07) is 6.51. The molecule has 1 aromatic rings. The van der Waals surface area contributed by atoms with Crippen molar-refractivity contribution in [3.8, 4) is 0 Å². The number of halogens is 1. The maximum Gasteiger partial charge on any atom is 0.0772 e. The molecule has 0 radical (unpaired) electrons. The topological polar surface area (TPSA) is 32.7 Å². The number of rotatable bonds is 3. The van der Waals surface area contributed by atoms with Crippen molar-refractivity contribution in [3.05, 3.63) is 28.2 Å². The minimum absolute atomic E-state index is 0.269. The number of ether oxygens (including phenoxy) is 1. The van der Waals surface area contributed by atoms with Crippen LogP contribution in [-0.4, -0.2) is 30.9 Å². The summed E-state index contributed by atoms with van der Waals surface area (Å²) in [4.78, 5) is 2.26. The van der Waals surface area contributed by atoms with Gasteiger partial charge in [-0.25, -0.2) is 0 Å². The molecule has 2 unspecified atom stereocenters. The minimum Gasteiger partial charge on any atom is -0.389 e. The van der Waals surface area contributed by atoms with Crippen LogP contribution in [0.5, 0.6) is 0 Å². The maximum atomic E-state index is 9.62. The molecule has 1 N–H and O–H groups in total. The molecule has 0 bridgehead atoms. The van der Waals surface area contributed by atoms with Gasteiger partial charge in [-0.15, -0.1) is 0 Å². The van der Waals surface area contributed by atoms with Gasteiger partial charge >= 0.3 is 0 Å². The first-order valence-corrected chi connectivity index (χ1v) is 7.12. The normalized spacial score (nSPS) is 25.2. The Hall–Kier alpha value is -0.580. The Morgan fingerprint density at radius 2 is 2.22 bits per heavy atom. The summed E-state index contributed by atoms with van der Waals surface area (Å²) in [5.74, 6) is 0. The maximum absolute atomic E-state index is 9.62. The van der Waals surface area contributed by atoms with Crippen molar-refractivity contribution >= 4 is 21.6 Å². The standard InChI is InChI=1S/C14H20BrNO2/c1-9(17)12-5-4-11(8-13(12)15)16(3)14-6-7-18-10(14)2/h4-5,8-10,14,17H,6-7H2,1-3H3/t9-,10?,14?/m0/s1. The molecule has 3 atom stereocenters. The highest BCUT2D eigenvalue weighted by Crippen LogP contribution is 2.30. The summed E-state index contributed by atoms with van der Waals surface area (Å²) in [7, 11) is 2.10. The average Bonchev–Trinajstić information content (AvgIpc) is 2.74. The molecular weight excluding hydrogens is 294 g/mol. The van der Waals surface area contributed by atoms with Gasteiger partial charge in [0.15, 0.2) is 0 Å². The minimum atomic E-state index is -0.451. The Morgan fingerprint density at radius 1 is 1.50 bits per heavy atom. The molecule has 2 rings (SSSR count). The van der Waals surface area contributed by atoms with E-state index < -0.39 is 6.10 Å². The molecule has 0 amide bonds. The van der Waals surface area contributed by atoms with E-state index in [1.165, 1.54) is 0 Å². The first-order chi connectivity index (χ1) is 8.50. The van der Waals surface area contributed by atoms with E-state index in [9.17, 15) is 5.11 Å². The van der Waals surface area contributed by atoms with Crippen molar-refractivity contribution in [2.75, 3.05) is 18.6 Å². The first-order valence-electron chi connectivity index (χ1n) is 6.32. The van der Waals surface area contributed by atoms with E-state index in [-0.39, 0.29) is 6.10 Å². The highest BCUT2D eigenvalue weighted by atomic mass is 79.9. The smallest absolute Gasteiger partial charge is 0.0772 e. The van der Waals surface area contributed by atoms with Gasteiger partial charge in [-0.1, -0.05) is 22.0 Å². The van der Waals surface area contributed by atoms with Crippen LogP contribution in [0.2, 0.25) is 0 Å². The van der Waals surface area contributed by atoms with Gasteiger partial charge in [0.05, 0.1) is 18.2 Å². The largest absolute Gasteiger partial charge is 0.389 e. The third-order valence-electron chi connectivity index (χ3n) is 3.68. The first kappa shape index (κ1) is 13.8. The van der Waals surface area contributed by atoms with E-state index in [1.54, 1.807) is 6.92 Å². The Bertz CT molecular complexity index is 422. The Kier molecular flexibility index (Phi) is 4.30. The second kappa shape index (κ2) is 5.59. The fourth-order valence-electron chi connectivity index (χ4n) is 2.49. The van der Waals surface area contributed by atoms with Crippen molar-refractivity contribution in [2.24, 2.45) is 0 Å². The summed E-state index contributed by atoms with van der Waals surface area (Å²) in [5.41, 5.74) is 2.07. The quantitative estimate of drug-likeness (QED) is 0.930. The Morgan fingerprint density at radius 3 is 2.72 bits per heavy atom. The van der Waals surface area contributed by atoms with Gasteiger partial charge < -0.3 is 14.7 Å². The number of likely N-dealkylation sites (N-methyl/N-ethyl adjacent to an activating group) is 1. The predicted octanol–water partition coefficient (Wildman–Crippen LogP) is 3.12. The third kappa shape index (κ3) is 2.71. The number of benzene rings is 1. The van der Waals surface area contributed by atoms with Gasteiger partial charge in [-0.3, -0.25) is 0 Å². The van der Waals surface area contributed by atoms with Gasteiger partial charge in [0.2, 0.25) is 0 Å². The molecular formula is C14H20BrNO2. The zero-order valence-corrected chi connectivity index (χ0v) is 12.6. The van der Waals surface area contributed by atoms with Crippen molar-refractivity contribution in [1.82, 2.24) is 0 Å². The van der Waals surface area contributed by atoms with Crippen LogP contribution < -0.4 is 4.90 Å². The van der Waals surface area contributed by atoms with E-state index in [0.717, 1.165) is 28.8 Å². The molecule has 0 aliphatic carbocycles. The van der Waals surface area contributed by atoms with Crippen LogP contribution >= 0.6 is 15.9 Å². The molecule has 1 heterocycles. The van der Waals surface area contributed by atoms with E-state index in [2.05, 4.69) is 46.9 Å². The summed E-state index contributed by atoms with van der Waals surface area (Å²) in [5, 5.41) is 9.62. The number of hydrogen-bond donors (Lipinski definition) is 1. The van der Waals surface area contributed by atoms with E-state index in [0.29, 0.717) is 6.04 Å². The monoisotopic (exact) mass is 313 g/mol. The average molecular weight is 314 g/mol. The lowest BCUT2D eigenvalue weighted by Gasteiger charge is -2.29. The summed E-state index contributed by atoms with van der Waals surface area (Å²) in [6.07, 6.45) is 0.880. The molecule has 0 saturated carbocycles. The van der Waals surface area contributed by atoms with Crippen molar-refractivity contribution in [1.29, 1.82) is 0 Å². The number of nitrogens with zero attached hydrogens (tertiary/aromatic N) is 1. The predicted molar refractivity (Wildman–Crippen MR) is 77.0 cm³/mol. The molecule has 1 saturated heterocycles. The molecule has 1 aliphatic heterocycles. The van der Waals surface area contributed by atoms with Crippen LogP contribution in [0.15, 0.2) is 22.7 Å². The van der Waals surface area contributed by atoms with Crippen LogP contribution in [0, 0.1) is 0 Å². The fraction of sp³-hybridized carbons (Fsp3) is 0.571. The zero-order chi connectivity index (χ0) is 13.3. The molecule has 0 spiro atoms. The molecule has 0 aromatic heterocycles. The number of hydrogen-bond acceptors (Lipinski definition) is 3. The lowest BCUT2D eigenvalue weighted by atomic mass is 10.1. The van der Waals surface area contributed by atoms with Crippen molar-refractivity contribution in [3.63, 3.8) is 0 Å². The molecule has 1 aliphatic rings. The van der Waals surface area contributed by atoms with Gasteiger partial charge in [0.1, 0.15) is 0 Å². The fourth-order valence-corrected chi connectivity index (χ4v) is 3.19. The molecule has 4 heteroatoms. The molecule has 1 fully saturated rings. The summed E-state index contributed by atoms with van der Waals surface area (Å²) >= 11 is 3.52. The molecule has 3 nitrogen and oxygen atoms in total. The Labute approximate surface area is 117 Å². The number of aliphatic hydroxyl groups is 1. The second-order valence-electron chi connectivity index (χ2n) is 4.92. The third-order valence-corrected chi connectivity index (χ3v) is 4.36. The van der Waals surface area contributed by atoms with E-state index >= 15 is 0 Å². The highest BCUT2D eigenvalue weighted by Gasteiger charge is 2.28. The van der Waals surface area contributed by atoms with Crippen LogP contribution in [0.4, 0.5) is 5.69 Å². The van der Waals surface area contributed by atoms with Crippen LogP contribution in [0.25, 0.3) is 0 Å². The number of aliphatic hydroxyl groups excluding tert-OH is 1. The van der Waals surface area contributed by atoms with Gasteiger partial charge in [0, 0.05) is 23.8 Å². The molecule has 1 aromatic carbocycles. The van der Waals surface area contributed by atoms with E-state index in [1.807, 2.05) is 6.07 Å². The van der Waals surface area contributed by atoms with Crippen LogP contribution in [0.1, 0.15) is 31.9 Å². The lowest BCUT2D eigenvalue weighted by Crippen LogP contribution is -2.36. The van der Waals surface area contributed by atoms with Crippen LogP contribution in [0.3, 0.4) is 0 Å². The van der Waals surface area contributed by atoms with Gasteiger partial charge in [0.25, 0.3) is 0 Å². The zero-order valence-electron chi connectivity index (χ0n) is 11.1. The van der Waals surface area contributed by atoms with Crippen LogP contribution in [-0.2, 0) is 4.74 Å². The van der Waals surface area contributed by atoms with Gasteiger partial charge in [-0.05, 0) is 38.0 Å². The SMILES string of the molecule is CC1OCCC1N(C)c1ccc([C@H](C)O)c(Br)c1. The van der Waals surface area contributed by atoms with Crippen molar-refractivity contribution in [2.45, 2.75) is 38.5 Å². The lowest BCUT2D eigenvalue weighted by molar-refractivity contribution is 0.118. The highest BCUT2D eigenvalue weighted by molar-refractivity contribution is 9.10. The van der Waals surface area contributed by atoms with Crippen molar-refractivity contribution < 1.29 is 9.84 Å². The van der Waals surface area contributed by atoms with E-state index in [4.69, 9.17) is 4.74 Å². The number of anilines is 1.